The van der Waals surface area contributed by atoms with Gasteiger partial charge in [-0.2, -0.15) is 5.26 Å². The van der Waals surface area contributed by atoms with Gasteiger partial charge in [0.1, 0.15) is 17.2 Å². The fourth-order valence-corrected chi connectivity index (χ4v) is 15.9. The zero-order chi connectivity index (χ0) is 53.4. The molecule has 0 saturated heterocycles. The standard InChI is InChI=1S/C74H40N4OS2/c1-76-66-63(44-22-7-3-8-23-44)58(42-75)67(78-68-50(38-40-55-48-27-13-16-37-62(48)80-73(55)68)51-39-41-56-54-33-17-29-46(43-20-5-2-6-21-43)72(54)81-74(56)69(51)78)64(45-24-9-4-10-25-45)70(66)77-59-34-14-11-28-57(59)65-49(30-19-35-60(65)77)53-32-18-31-52-47-26-12-15-36-61(47)79-71(52)53/h2-41H. The third kappa shape index (κ3) is 6.39. The third-order valence-corrected chi connectivity index (χ3v) is 19.0. The number of thiophene rings is 2. The maximum absolute atomic E-state index is 12.4. The zero-order valence-corrected chi connectivity index (χ0v) is 44.7. The lowest BCUT2D eigenvalue weighted by Crippen LogP contribution is -2.09. The van der Waals surface area contributed by atoms with Crippen molar-refractivity contribution in [3.63, 3.8) is 0 Å². The van der Waals surface area contributed by atoms with E-state index in [2.05, 4.69) is 214 Å². The smallest absolute Gasteiger partial charge is 0.220 e. The Bertz CT molecular complexity index is 5610. The van der Waals surface area contributed by atoms with Crippen LogP contribution in [0, 0.1) is 17.9 Å². The van der Waals surface area contributed by atoms with E-state index in [1.54, 1.807) is 11.3 Å². The summed E-state index contributed by atoms with van der Waals surface area (Å²) in [7, 11) is 0. The molecule has 7 heteroatoms. The average molecular weight is 1070 g/mol. The van der Waals surface area contributed by atoms with E-state index in [9.17, 15) is 11.8 Å². The Hall–Kier alpha value is -10.5. The SMILES string of the molecule is [C-]#[N+]c1c(-c2ccccc2)c(C#N)c(-n2c3c(ccc4c5ccccc5sc43)c3ccc4c5cccc(-c6ccccc6)c5sc4c32)c(-c2ccccc2)c1-n1c2ccccc2c2c(-c3cccc4c3oc3ccccc34)cccc21. The first-order chi connectivity index (χ1) is 40.2. The molecule has 5 nitrogen and oxygen atoms in total. The van der Waals surface area contributed by atoms with Gasteiger partial charge in [-0.3, -0.25) is 0 Å². The molecule has 0 amide bonds. The predicted molar refractivity (Wildman–Crippen MR) is 341 cm³/mol. The van der Waals surface area contributed by atoms with Crippen molar-refractivity contribution >= 4 is 134 Å². The van der Waals surface area contributed by atoms with Crippen LogP contribution in [0.1, 0.15) is 5.56 Å². The van der Waals surface area contributed by atoms with E-state index >= 15 is 0 Å². The van der Waals surface area contributed by atoms with Crippen molar-refractivity contribution in [1.82, 2.24) is 9.13 Å². The highest BCUT2D eigenvalue weighted by Gasteiger charge is 2.33. The monoisotopic (exact) mass is 1060 g/mol. The van der Waals surface area contributed by atoms with E-state index < -0.39 is 0 Å². The fourth-order valence-electron chi connectivity index (χ4n) is 13.3. The van der Waals surface area contributed by atoms with Crippen LogP contribution in [-0.2, 0) is 0 Å². The maximum Gasteiger partial charge on any atom is 0.220 e. The molecular formula is C74H40N4OS2. The number of hydrogen-bond donors (Lipinski definition) is 0. The highest BCUT2D eigenvalue weighted by Crippen LogP contribution is 2.56. The molecule has 374 valence electrons. The summed E-state index contributed by atoms with van der Waals surface area (Å²) in [5, 5.41) is 23.4. The van der Waals surface area contributed by atoms with Gasteiger partial charge >= 0.3 is 0 Å². The zero-order valence-electron chi connectivity index (χ0n) is 43.1. The Morgan fingerprint density at radius 2 is 0.926 bits per heavy atom. The molecule has 0 atom stereocenters. The van der Waals surface area contributed by atoms with Crippen LogP contribution in [0.15, 0.2) is 247 Å². The molecule has 0 fully saturated rings. The van der Waals surface area contributed by atoms with Crippen LogP contribution in [0.4, 0.5) is 5.69 Å². The predicted octanol–water partition coefficient (Wildman–Crippen LogP) is 21.6. The minimum Gasteiger partial charge on any atom is -0.455 e. The number of para-hydroxylation sites is 3. The van der Waals surface area contributed by atoms with Crippen molar-refractivity contribution in [2.75, 3.05) is 0 Å². The molecule has 0 unspecified atom stereocenters. The summed E-state index contributed by atoms with van der Waals surface area (Å²) in [6, 6.07) is 88.4. The normalized spacial score (nSPS) is 11.9. The van der Waals surface area contributed by atoms with Crippen LogP contribution in [0.2, 0.25) is 0 Å². The number of nitriles is 1. The lowest BCUT2D eigenvalue weighted by molar-refractivity contribution is 0.670. The van der Waals surface area contributed by atoms with Crippen LogP contribution in [0.5, 0.6) is 0 Å². The molecule has 0 spiro atoms. The van der Waals surface area contributed by atoms with Gasteiger partial charge in [0.15, 0.2) is 0 Å². The van der Waals surface area contributed by atoms with E-state index in [1.165, 1.54) is 25.7 Å². The van der Waals surface area contributed by atoms with E-state index in [0.29, 0.717) is 22.5 Å². The highest BCUT2D eigenvalue weighted by molar-refractivity contribution is 7.27. The number of benzene rings is 12. The molecule has 0 bridgehead atoms. The van der Waals surface area contributed by atoms with Gasteiger partial charge in [0.2, 0.25) is 5.69 Å². The molecular weight excluding hydrogens is 1020 g/mol. The number of hydrogen-bond acceptors (Lipinski definition) is 4. The second-order valence-electron chi connectivity index (χ2n) is 20.7. The number of nitrogens with zero attached hydrogens (tertiary/aromatic N) is 4. The topological polar surface area (TPSA) is 51.1 Å². The van der Waals surface area contributed by atoms with Crippen molar-refractivity contribution in [3.8, 4) is 62.0 Å². The van der Waals surface area contributed by atoms with E-state index in [4.69, 9.17) is 4.42 Å². The van der Waals surface area contributed by atoms with E-state index in [0.717, 1.165) is 125 Å². The van der Waals surface area contributed by atoms with Gasteiger partial charge in [-0.05, 0) is 52.1 Å². The summed E-state index contributed by atoms with van der Waals surface area (Å²) in [6.07, 6.45) is 0. The van der Waals surface area contributed by atoms with Crippen LogP contribution in [0.25, 0.3) is 167 Å². The molecule has 5 aromatic heterocycles. The Morgan fingerprint density at radius 1 is 0.395 bits per heavy atom. The molecule has 5 heterocycles. The molecule has 0 aliphatic heterocycles. The van der Waals surface area contributed by atoms with E-state index in [-0.39, 0.29) is 0 Å². The minimum absolute atomic E-state index is 0.389. The van der Waals surface area contributed by atoms with Crippen molar-refractivity contribution < 1.29 is 4.42 Å². The molecule has 17 rings (SSSR count). The Labute approximate surface area is 471 Å². The van der Waals surface area contributed by atoms with Crippen LogP contribution >= 0.6 is 22.7 Å². The Balaban J connectivity index is 1.11. The number of fused-ring (bicyclic) bond motifs is 17. The van der Waals surface area contributed by atoms with Crippen LogP contribution in [-0.4, -0.2) is 9.13 Å². The molecule has 81 heavy (non-hydrogen) atoms. The largest absolute Gasteiger partial charge is 0.455 e. The second-order valence-corrected chi connectivity index (χ2v) is 22.8. The van der Waals surface area contributed by atoms with Gasteiger partial charge in [0.05, 0.1) is 55.0 Å². The molecule has 0 aliphatic rings. The molecule has 0 saturated carbocycles. The average Bonchev–Trinajstić information content (AvgIpc) is 2.64. The Kier molecular flexibility index (Phi) is 9.82. The van der Waals surface area contributed by atoms with Crippen molar-refractivity contribution in [3.05, 3.63) is 260 Å². The summed E-state index contributed by atoms with van der Waals surface area (Å²) >= 11 is 3.61. The highest BCUT2D eigenvalue weighted by atomic mass is 32.1. The van der Waals surface area contributed by atoms with E-state index in [1.807, 2.05) is 59.9 Å². The van der Waals surface area contributed by atoms with Crippen molar-refractivity contribution in [1.29, 1.82) is 5.26 Å². The fraction of sp³-hybridized carbons (Fsp3) is 0. The van der Waals surface area contributed by atoms with Gasteiger partial charge in [-0.15, -0.1) is 22.7 Å². The maximum atomic E-state index is 12.4. The van der Waals surface area contributed by atoms with Crippen molar-refractivity contribution in [2.45, 2.75) is 0 Å². The van der Waals surface area contributed by atoms with Gasteiger partial charge in [0.25, 0.3) is 0 Å². The van der Waals surface area contributed by atoms with Gasteiger partial charge in [0, 0.05) is 80.0 Å². The van der Waals surface area contributed by atoms with Gasteiger partial charge < -0.3 is 13.6 Å². The van der Waals surface area contributed by atoms with Gasteiger partial charge in [-0.1, -0.05) is 218 Å². The summed E-state index contributed by atoms with van der Waals surface area (Å²) in [5.41, 5.74) is 15.2. The summed E-state index contributed by atoms with van der Waals surface area (Å²) < 4.78 is 16.2. The first kappa shape index (κ1) is 45.5. The number of rotatable bonds is 6. The number of furan rings is 1. The summed E-state index contributed by atoms with van der Waals surface area (Å²) in [4.78, 5) is 4.66. The molecule has 12 aromatic carbocycles. The molecule has 0 radical (unpaired) electrons. The first-order valence-corrected chi connectivity index (χ1v) is 28.6. The number of aromatic nitrogens is 2. The molecule has 17 aromatic rings. The second kappa shape index (κ2) is 17.5. The quantitative estimate of drug-likeness (QED) is 0.156. The van der Waals surface area contributed by atoms with Gasteiger partial charge in [-0.25, -0.2) is 4.85 Å². The summed E-state index contributed by atoms with van der Waals surface area (Å²) in [5.74, 6) is 0. The lowest BCUT2D eigenvalue weighted by Gasteiger charge is -2.26. The third-order valence-electron chi connectivity index (χ3n) is 16.6. The van der Waals surface area contributed by atoms with Crippen LogP contribution in [0.3, 0.4) is 0 Å². The minimum atomic E-state index is 0.389. The molecule has 0 N–H and O–H groups in total. The van der Waals surface area contributed by atoms with Crippen LogP contribution < -0.4 is 0 Å². The van der Waals surface area contributed by atoms with Crippen molar-refractivity contribution in [2.24, 2.45) is 0 Å². The first-order valence-electron chi connectivity index (χ1n) is 27.0. The lowest BCUT2D eigenvalue weighted by atomic mass is 9.88. The molecule has 0 aliphatic carbocycles. The summed E-state index contributed by atoms with van der Waals surface area (Å²) in [6.45, 7) is 9.57. The Morgan fingerprint density at radius 3 is 1.65 bits per heavy atom.